The Balaban J connectivity index is 1.91. The molecule has 0 aliphatic rings. The zero-order chi connectivity index (χ0) is 30.8. The van der Waals surface area contributed by atoms with E-state index in [0.29, 0.717) is 11.3 Å². The molecule has 1 aromatic carbocycles. The minimum Gasteiger partial charge on any atom is -0.444 e. The van der Waals surface area contributed by atoms with Crippen LogP contribution in [0.1, 0.15) is 52.9 Å². The van der Waals surface area contributed by atoms with Gasteiger partial charge in [0.25, 0.3) is 0 Å². The average Bonchev–Trinajstić information content (AvgIpc) is 3.17. The third-order valence-corrected chi connectivity index (χ3v) is 5.67. The van der Waals surface area contributed by atoms with E-state index < -0.39 is 29.1 Å². The molecule has 0 fully saturated rings. The SMILES string of the molecule is Cc1cc(-c2c(-c3ccccc3)nc(NC(=O)OC(C)(C)C)n3c(=O)n(CCOC(=O)OC(C)(C)C)nc23)cc(C)n1. The second-order valence-electron chi connectivity index (χ2n) is 11.8. The van der Waals surface area contributed by atoms with E-state index in [1.54, 1.807) is 41.5 Å². The van der Waals surface area contributed by atoms with Gasteiger partial charge < -0.3 is 14.2 Å². The molecule has 4 aromatic rings. The van der Waals surface area contributed by atoms with E-state index in [0.717, 1.165) is 27.2 Å². The summed E-state index contributed by atoms with van der Waals surface area (Å²) in [5.74, 6) is -0.0753. The molecule has 12 heteroatoms. The zero-order valence-electron chi connectivity index (χ0n) is 25.1. The molecule has 1 amide bonds. The van der Waals surface area contributed by atoms with Crippen molar-refractivity contribution >= 4 is 23.8 Å². The van der Waals surface area contributed by atoms with Crippen LogP contribution < -0.4 is 11.0 Å². The quantitative estimate of drug-likeness (QED) is 0.293. The number of hydrogen-bond donors (Lipinski definition) is 1. The summed E-state index contributed by atoms with van der Waals surface area (Å²) in [6.07, 6.45) is -1.64. The monoisotopic (exact) mass is 576 g/mol. The van der Waals surface area contributed by atoms with Crippen molar-refractivity contribution in [3.63, 3.8) is 0 Å². The first-order valence-corrected chi connectivity index (χ1v) is 13.5. The van der Waals surface area contributed by atoms with Gasteiger partial charge in [0, 0.05) is 17.0 Å². The number of amides is 1. The predicted molar refractivity (Wildman–Crippen MR) is 157 cm³/mol. The van der Waals surface area contributed by atoms with Crippen molar-refractivity contribution in [2.45, 2.75) is 73.1 Å². The number of fused-ring (bicyclic) bond motifs is 1. The molecule has 0 saturated carbocycles. The molecule has 1 N–H and O–H groups in total. The van der Waals surface area contributed by atoms with Crippen LogP contribution >= 0.6 is 0 Å². The van der Waals surface area contributed by atoms with E-state index in [9.17, 15) is 14.4 Å². The van der Waals surface area contributed by atoms with Crippen molar-refractivity contribution < 1.29 is 23.8 Å². The van der Waals surface area contributed by atoms with E-state index in [1.807, 2.05) is 56.3 Å². The van der Waals surface area contributed by atoms with Crippen molar-refractivity contribution in [1.29, 1.82) is 0 Å². The molecule has 0 spiro atoms. The number of aryl methyl sites for hydroxylation is 2. The lowest BCUT2D eigenvalue weighted by molar-refractivity contribution is -0.00873. The van der Waals surface area contributed by atoms with Gasteiger partial charge in [-0.15, -0.1) is 5.10 Å². The minimum atomic E-state index is -0.858. The Morgan fingerprint density at radius 2 is 1.50 bits per heavy atom. The van der Waals surface area contributed by atoms with E-state index >= 15 is 0 Å². The number of benzene rings is 1. The molecule has 4 rings (SSSR count). The summed E-state index contributed by atoms with van der Waals surface area (Å²) >= 11 is 0. The molecule has 3 heterocycles. The van der Waals surface area contributed by atoms with Crippen LogP contribution in [0.25, 0.3) is 28.0 Å². The number of aromatic nitrogens is 5. The van der Waals surface area contributed by atoms with Crippen LogP contribution in [0, 0.1) is 13.8 Å². The maximum atomic E-state index is 13.7. The van der Waals surface area contributed by atoms with Crippen LogP contribution in [-0.2, 0) is 20.8 Å². The number of carbonyl (C=O) groups is 2. The van der Waals surface area contributed by atoms with E-state index in [4.69, 9.17) is 19.2 Å². The molecule has 0 bridgehead atoms. The van der Waals surface area contributed by atoms with Gasteiger partial charge in [-0.3, -0.25) is 10.3 Å². The molecule has 0 radical (unpaired) electrons. The van der Waals surface area contributed by atoms with Crippen LogP contribution in [0.15, 0.2) is 47.3 Å². The van der Waals surface area contributed by atoms with Gasteiger partial charge in [0.05, 0.1) is 17.8 Å². The molecular weight excluding hydrogens is 540 g/mol. The van der Waals surface area contributed by atoms with Gasteiger partial charge in [0.15, 0.2) is 5.65 Å². The summed E-state index contributed by atoms with van der Waals surface area (Å²) in [6, 6.07) is 13.1. The Labute approximate surface area is 243 Å². The normalized spacial score (nSPS) is 11.8. The Kier molecular flexibility index (Phi) is 8.37. The smallest absolute Gasteiger partial charge is 0.444 e. The van der Waals surface area contributed by atoms with Gasteiger partial charge >= 0.3 is 17.9 Å². The summed E-state index contributed by atoms with van der Waals surface area (Å²) in [7, 11) is 0. The van der Waals surface area contributed by atoms with Crippen LogP contribution in [0.3, 0.4) is 0 Å². The highest BCUT2D eigenvalue weighted by molar-refractivity contribution is 5.92. The standard InChI is InChI=1S/C30H36N6O6/c1-18-16-21(17-19(2)31-18)22-23(20-12-10-9-11-13-20)32-25(33-26(37)41-29(3,4)5)36-24(22)34-35(27(36)38)14-15-40-28(39)42-30(6,7)8/h9-13,16-17H,14-15H2,1-8H3,(H,32,33,37). The highest BCUT2D eigenvalue weighted by Crippen LogP contribution is 2.35. The first kappa shape index (κ1) is 30.2. The Morgan fingerprint density at radius 3 is 2.10 bits per heavy atom. The lowest BCUT2D eigenvalue weighted by Crippen LogP contribution is -2.30. The van der Waals surface area contributed by atoms with E-state index in [1.165, 1.54) is 4.40 Å². The molecule has 0 unspecified atom stereocenters. The second kappa shape index (κ2) is 11.6. The van der Waals surface area contributed by atoms with E-state index in [2.05, 4.69) is 15.4 Å². The number of anilines is 1. The number of pyridine rings is 1. The number of carbonyl (C=O) groups excluding carboxylic acids is 2. The maximum Gasteiger partial charge on any atom is 0.508 e. The summed E-state index contributed by atoms with van der Waals surface area (Å²) in [5, 5.41) is 7.26. The number of nitrogens with one attached hydrogen (secondary N) is 1. The summed E-state index contributed by atoms with van der Waals surface area (Å²) in [5.41, 5.74) is 2.19. The highest BCUT2D eigenvalue weighted by atomic mass is 16.7. The minimum absolute atomic E-state index is 0.0693. The van der Waals surface area contributed by atoms with Gasteiger partial charge in [-0.1, -0.05) is 30.3 Å². The largest absolute Gasteiger partial charge is 0.508 e. The fourth-order valence-electron chi connectivity index (χ4n) is 4.25. The third-order valence-electron chi connectivity index (χ3n) is 5.67. The molecular formula is C30H36N6O6. The number of ether oxygens (including phenoxy) is 3. The summed E-state index contributed by atoms with van der Waals surface area (Å²) < 4.78 is 18.2. The number of rotatable bonds is 6. The predicted octanol–water partition coefficient (Wildman–Crippen LogP) is 5.54. The zero-order valence-corrected chi connectivity index (χ0v) is 25.1. The molecule has 3 aromatic heterocycles. The molecule has 0 atom stereocenters. The summed E-state index contributed by atoms with van der Waals surface area (Å²) in [4.78, 5) is 47.9. The van der Waals surface area contributed by atoms with E-state index in [-0.39, 0.29) is 24.7 Å². The van der Waals surface area contributed by atoms with Crippen molar-refractivity contribution in [2.75, 3.05) is 11.9 Å². The van der Waals surface area contributed by atoms with Crippen molar-refractivity contribution in [1.82, 2.24) is 24.1 Å². The maximum absolute atomic E-state index is 13.7. The summed E-state index contributed by atoms with van der Waals surface area (Å²) in [6.45, 7) is 13.9. The Hall–Kier alpha value is -4.74. The Bertz CT molecular complexity index is 1660. The van der Waals surface area contributed by atoms with Crippen molar-refractivity contribution in [3.05, 3.63) is 64.3 Å². The van der Waals surface area contributed by atoms with Crippen LogP contribution in [0.4, 0.5) is 15.5 Å². The van der Waals surface area contributed by atoms with Gasteiger partial charge in [0.2, 0.25) is 5.95 Å². The lowest BCUT2D eigenvalue weighted by Gasteiger charge is -2.20. The third kappa shape index (κ3) is 7.31. The molecule has 222 valence electrons. The van der Waals surface area contributed by atoms with Gasteiger partial charge in [-0.05, 0) is 73.1 Å². The molecule has 0 aliphatic heterocycles. The van der Waals surface area contributed by atoms with Crippen LogP contribution in [0.5, 0.6) is 0 Å². The molecule has 0 aliphatic carbocycles. The first-order valence-electron chi connectivity index (χ1n) is 13.5. The number of hydrogen-bond acceptors (Lipinski definition) is 9. The van der Waals surface area contributed by atoms with Crippen molar-refractivity contribution in [2.24, 2.45) is 0 Å². The number of nitrogens with zero attached hydrogens (tertiary/aromatic N) is 5. The fraction of sp³-hybridized carbons (Fsp3) is 0.400. The molecule has 42 heavy (non-hydrogen) atoms. The van der Waals surface area contributed by atoms with Crippen LogP contribution in [-0.4, -0.2) is 54.2 Å². The van der Waals surface area contributed by atoms with Gasteiger partial charge in [0.1, 0.15) is 17.8 Å². The average molecular weight is 577 g/mol. The highest BCUT2D eigenvalue weighted by Gasteiger charge is 2.26. The topological polar surface area (TPSA) is 139 Å². The first-order chi connectivity index (χ1) is 19.6. The van der Waals surface area contributed by atoms with Gasteiger partial charge in [-0.25, -0.2) is 28.5 Å². The van der Waals surface area contributed by atoms with Gasteiger partial charge in [-0.2, -0.15) is 0 Å². The lowest BCUT2D eigenvalue weighted by atomic mass is 9.99. The Morgan fingerprint density at radius 1 is 0.881 bits per heavy atom. The van der Waals surface area contributed by atoms with Crippen molar-refractivity contribution in [3.8, 4) is 22.4 Å². The molecule has 12 nitrogen and oxygen atoms in total. The van der Waals surface area contributed by atoms with Crippen LogP contribution in [0.2, 0.25) is 0 Å². The fourth-order valence-corrected chi connectivity index (χ4v) is 4.25. The molecule has 0 saturated heterocycles. The second-order valence-corrected chi connectivity index (χ2v) is 11.8.